The van der Waals surface area contributed by atoms with Crippen LogP contribution in [0.3, 0.4) is 0 Å². The van der Waals surface area contributed by atoms with E-state index in [1.165, 1.54) is 0 Å². The summed E-state index contributed by atoms with van der Waals surface area (Å²) in [5, 5.41) is 0. The van der Waals surface area contributed by atoms with E-state index in [0.29, 0.717) is 6.04 Å². The number of piperidine rings is 1. The van der Waals surface area contributed by atoms with Crippen molar-refractivity contribution in [1.29, 1.82) is 0 Å². The molecular formula is C11H25N3. The van der Waals surface area contributed by atoms with Gasteiger partial charge in [-0.1, -0.05) is 0 Å². The van der Waals surface area contributed by atoms with E-state index in [9.17, 15) is 0 Å². The van der Waals surface area contributed by atoms with Gasteiger partial charge in [0, 0.05) is 31.2 Å². The lowest BCUT2D eigenvalue weighted by molar-refractivity contribution is 0.0608. The standard InChI is InChI=1S/C11H25N3/c1-11(2)9-10(12)5-6-14(11)8-7-13(3)4/h10H,5-9,12H2,1-4H3. The molecule has 1 rings (SSSR count). The van der Waals surface area contributed by atoms with E-state index in [0.717, 1.165) is 32.5 Å². The fourth-order valence-electron chi connectivity index (χ4n) is 2.23. The van der Waals surface area contributed by atoms with E-state index in [2.05, 4.69) is 37.7 Å². The van der Waals surface area contributed by atoms with Crippen LogP contribution in [0, 0.1) is 0 Å². The van der Waals surface area contributed by atoms with Crippen molar-refractivity contribution >= 4 is 0 Å². The molecule has 0 aliphatic carbocycles. The van der Waals surface area contributed by atoms with Gasteiger partial charge >= 0.3 is 0 Å². The maximum atomic E-state index is 5.99. The van der Waals surface area contributed by atoms with Gasteiger partial charge in [0.2, 0.25) is 0 Å². The monoisotopic (exact) mass is 199 g/mol. The molecule has 0 aromatic carbocycles. The molecule has 0 spiro atoms. The summed E-state index contributed by atoms with van der Waals surface area (Å²) < 4.78 is 0. The van der Waals surface area contributed by atoms with E-state index in [1.807, 2.05) is 0 Å². The molecule has 1 aliphatic rings. The SMILES string of the molecule is CN(C)CCN1CCC(N)CC1(C)C. The minimum Gasteiger partial charge on any atom is -0.328 e. The Hall–Kier alpha value is -0.120. The number of likely N-dealkylation sites (N-methyl/N-ethyl adjacent to an activating group) is 1. The third-order valence-electron chi connectivity index (χ3n) is 3.20. The van der Waals surface area contributed by atoms with Crippen LogP contribution >= 0.6 is 0 Å². The lowest BCUT2D eigenvalue weighted by Crippen LogP contribution is -2.54. The summed E-state index contributed by atoms with van der Waals surface area (Å²) in [4.78, 5) is 4.81. The molecule has 1 saturated heterocycles. The predicted octanol–water partition coefficient (Wildman–Crippen LogP) is 0.750. The maximum Gasteiger partial charge on any atom is 0.0168 e. The van der Waals surface area contributed by atoms with Crippen molar-refractivity contribution < 1.29 is 0 Å². The fraction of sp³-hybridized carbons (Fsp3) is 1.00. The smallest absolute Gasteiger partial charge is 0.0168 e. The number of likely N-dealkylation sites (tertiary alicyclic amines) is 1. The van der Waals surface area contributed by atoms with Crippen LogP contribution in [0.4, 0.5) is 0 Å². The summed E-state index contributed by atoms with van der Waals surface area (Å²) in [5.41, 5.74) is 6.28. The van der Waals surface area contributed by atoms with Gasteiger partial charge in [-0.15, -0.1) is 0 Å². The molecule has 0 radical (unpaired) electrons. The average Bonchev–Trinajstić information content (AvgIpc) is 2.00. The van der Waals surface area contributed by atoms with Crippen molar-refractivity contribution in [3.8, 4) is 0 Å². The molecule has 0 aromatic rings. The van der Waals surface area contributed by atoms with Crippen molar-refractivity contribution in [2.75, 3.05) is 33.7 Å². The van der Waals surface area contributed by atoms with Crippen LogP contribution in [0.5, 0.6) is 0 Å². The number of hydrogen-bond donors (Lipinski definition) is 1. The van der Waals surface area contributed by atoms with Crippen LogP contribution in [0.2, 0.25) is 0 Å². The molecule has 2 N–H and O–H groups in total. The first-order chi connectivity index (χ1) is 6.42. The summed E-state index contributed by atoms with van der Waals surface area (Å²) in [6, 6.07) is 0.403. The molecular weight excluding hydrogens is 174 g/mol. The molecule has 3 nitrogen and oxygen atoms in total. The van der Waals surface area contributed by atoms with Gasteiger partial charge in [-0.25, -0.2) is 0 Å². The van der Waals surface area contributed by atoms with Gasteiger partial charge in [-0.05, 0) is 40.8 Å². The molecule has 0 saturated carbocycles. The average molecular weight is 199 g/mol. The lowest BCUT2D eigenvalue weighted by Gasteiger charge is -2.45. The third-order valence-corrected chi connectivity index (χ3v) is 3.20. The predicted molar refractivity (Wildman–Crippen MR) is 61.4 cm³/mol. The van der Waals surface area contributed by atoms with Crippen LogP contribution in [0.1, 0.15) is 26.7 Å². The van der Waals surface area contributed by atoms with Crippen molar-refractivity contribution in [3.05, 3.63) is 0 Å². The molecule has 1 aliphatic heterocycles. The summed E-state index contributed by atoms with van der Waals surface area (Å²) in [5.74, 6) is 0. The zero-order valence-electron chi connectivity index (χ0n) is 10.1. The highest BCUT2D eigenvalue weighted by atomic mass is 15.2. The van der Waals surface area contributed by atoms with Gasteiger partial charge in [0.25, 0.3) is 0 Å². The molecule has 14 heavy (non-hydrogen) atoms. The molecule has 1 heterocycles. The highest BCUT2D eigenvalue weighted by Gasteiger charge is 2.32. The molecule has 84 valence electrons. The Bertz CT molecular complexity index is 177. The molecule has 0 amide bonds. The number of nitrogens with zero attached hydrogens (tertiary/aromatic N) is 2. The summed E-state index contributed by atoms with van der Waals surface area (Å²) in [6.07, 6.45) is 2.28. The molecule has 0 bridgehead atoms. The first-order valence-electron chi connectivity index (χ1n) is 5.57. The first kappa shape index (κ1) is 12.0. The van der Waals surface area contributed by atoms with Crippen LogP contribution in [0.15, 0.2) is 0 Å². The second kappa shape index (κ2) is 4.60. The maximum absolute atomic E-state index is 5.99. The molecule has 1 unspecified atom stereocenters. The highest BCUT2D eigenvalue weighted by molar-refractivity contribution is 4.90. The second-order valence-corrected chi connectivity index (χ2v) is 5.36. The Balaban J connectivity index is 2.43. The fourth-order valence-corrected chi connectivity index (χ4v) is 2.23. The number of rotatable bonds is 3. The van der Waals surface area contributed by atoms with Gasteiger partial charge < -0.3 is 10.6 Å². The summed E-state index contributed by atoms with van der Waals surface area (Å²) in [7, 11) is 4.26. The van der Waals surface area contributed by atoms with Crippen molar-refractivity contribution in [1.82, 2.24) is 9.80 Å². The lowest BCUT2D eigenvalue weighted by atomic mass is 9.87. The quantitative estimate of drug-likeness (QED) is 0.728. The molecule has 3 heteroatoms. The zero-order valence-corrected chi connectivity index (χ0v) is 10.1. The third kappa shape index (κ3) is 3.23. The van der Waals surface area contributed by atoms with Crippen molar-refractivity contribution in [2.45, 2.75) is 38.3 Å². The normalized spacial score (nSPS) is 28.3. The van der Waals surface area contributed by atoms with E-state index < -0.39 is 0 Å². The summed E-state index contributed by atoms with van der Waals surface area (Å²) in [6.45, 7) is 8.07. The van der Waals surface area contributed by atoms with E-state index in [4.69, 9.17) is 5.73 Å². The van der Waals surface area contributed by atoms with Gasteiger partial charge in [0.15, 0.2) is 0 Å². The minimum atomic E-state index is 0.285. The van der Waals surface area contributed by atoms with Crippen LogP contribution in [-0.4, -0.2) is 55.1 Å². The largest absolute Gasteiger partial charge is 0.328 e. The van der Waals surface area contributed by atoms with Gasteiger partial charge in [-0.2, -0.15) is 0 Å². The summed E-state index contributed by atoms with van der Waals surface area (Å²) >= 11 is 0. The van der Waals surface area contributed by atoms with Gasteiger partial charge in [0.1, 0.15) is 0 Å². The van der Waals surface area contributed by atoms with E-state index in [-0.39, 0.29) is 5.54 Å². The van der Waals surface area contributed by atoms with Gasteiger partial charge in [-0.3, -0.25) is 4.90 Å². The highest BCUT2D eigenvalue weighted by Crippen LogP contribution is 2.26. The molecule has 0 aromatic heterocycles. The molecule has 1 atom stereocenters. The van der Waals surface area contributed by atoms with Crippen LogP contribution < -0.4 is 5.73 Å². The van der Waals surface area contributed by atoms with Crippen LogP contribution in [0.25, 0.3) is 0 Å². The topological polar surface area (TPSA) is 32.5 Å². The van der Waals surface area contributed by atoms with Crippen molar-refractivity contribution in [2.24, 2.45) is 5.73 Å². The Morgan fingerprint density at radius 2 is 2.07 bits per heavy atom. The molecule has 1 fully saturated rings. The van der Waals surface area contributed by atoms with Gasteiger partial charge in [0.05, 0.1) is 0 Å². The zero-order chi connectivity index (χ0) is 10.8. The van der Waals surface area contributed by atoms with E-state index >= 15 is 0 Å². The number of nitrogens with two attached hydrogens (primary N) is 1. The Labute approximate surface area is 88.2 Å². The Morgan fingerprint density at radius 1 is 1.43 bits per heavy atom. The first-order valence-corrected chi connectivity index (χ1v) is 5.57. The number of hydrogen-bond acceptors (Lipinski definition) is 3. The Morgan fingerprint density at radius 3 is 2.57 bits per heavy atom. The Kier molecular flexibility index (Phi) is 3.93. The van der Waals surface area contributed by atoms with E-state index in [1.54, 1.807) is 0 Å². The van der Waals surface area contributed by atoms with Crippen molar-refractivity contribution in [3.63, 3.8) is 0 Å². The minimum absolute atomic E-state index is 0.285. The second-order valence-electron chi connectivity index (χ2n) is 5.36. The van der Waals surface area contributed by atoms with Crippen LogP contribution in [-0.2, 0) is 0 Å².